The summed E-state index contributed by atoms with van der Waals surface area (Å²) in [6, 6.07) is 5.77. The molecule has 26 heavy (non-hydrogen) atoms. The van der Waals surface area contributed by atoms with Crippen molar-refractivity contribution < 1.29 is 9.53 Å². The Hall–Kier alpha value is -2.63. The zero-order valence-electron chi connectivity index (χ0n) is 14.9. The van der Waals surface area contributed by atoms with Crippen LogP contribution in [0.4, 0.5) is 0 Å². The first-order valence-corrected chi connectivity index (χ1v) is 9.35. The third-order valence-electron chi connectivity index (χ3n) is 5.16. The summed E-state index contributed by atoms with van der Waals surface area (Å²) in [6.45, 7) is 1.85. The molecule has 1 aliphatic heterocycles. The number of carbonyl (C=O) groups is 1. The molecule has 0 unspecified atom stereocenters. The molecule has 1 amide bonds. The number of hydrogen-bond donors (Lipinski definition) is 0. The van der Waals surface area contributed by atoms with Gasteiger partial charge >= 0.3 is 0 Å². The second-order valence-electron chi connectivity index (χ2n) is 6.90. The highest BCUT2D eigenvalue weighted by atomic mass is 16.5. The molecule has 6 heteroatoms. The number of hydrogen-bond acceptors (Lipinski definition) is 4. The van der Waals surface area contributed by atoms with E-state index in [-0.39, 0.29) is 11.9 Å². The standard InChI is InChI=1S/C20H24N4O2/c25-20(16-5-2-1-3-6-16)23-14-17-8-11-22-24(17)12-9-18(23)15-26-19-7-4-10-21-13-19/h4-5,7-8,10-11,13,18H,1-3,6,9,12,14-15H2/t18-/m1/s1. The molecular formula is C20H24N4O2. The summed E-state index contributed by atoms with van der Waals surface area (Å²) in [6.07, 6.45) is 12.3. The summed E-state index contributed by atoms with van der Waals surface area (Å²) in [5.41, 5.74) is 2.04. The fourth-order valence-corrected chi connectivity index (χ4v) is 3.68. The van der Waals surface area contributed by atoms with Crippen LogP contribution < -0.4 is 4.74 Å². The minimum absolute atomic E-state index is 0.0206. The van der Waals surface area contributed by atoms with Crippen molar-refractivity contribution in [2.24, 2.45) is 0 Å². The zero-order chi connectivity index (χ0) is 17.8. The van der Waals surface area contributed by atoms with E-state index in [2.05, 4.69) is 16.2 Å². The van der Waals surface area contributed by atoms with Gasteiger partial charge in [0.15, 0.2) is 0 Å². The molecule has 0 fully saturated rings. The van der Waals surface area contributed by atoms with Crippen LogP contribution in [0.15, 0.2) is 48.4 Å². The number of rotatable bonds is 4. The maximum atomic E-state index is 13.2. The molecule has 2 aliphatic rings. The fourth-order valence-electron chi connectivity index (χ4n) is 3.68. The Labute approximate surface area is 153 Å². The summed E-state index contributed by atoms with van der Waals surface area (Å²) in [7, 11) is 0. The molecule has 0 spiro atoms. The average Bonchev–Trinajstić information content (AvgIpc) is 3.07. The minimum atomic E-state index is 0.0206. The molecule has 0 saturated heterocycles. The Morgan fingerprint density at radius 3 is 3.04 bits per heavy atom. The van der Waals surface area contributed by atoms with Crippen LogP contribution in [-0.2, 0) is 17.9 Å². The van der Waals surface area contributed by atoms with Gasteiger partial charge in [0.2, 0.25) is 5.91 Å². The average molecular weight is 352 g/mol. The van der Waals surface area contributed by atoms with E-state index in [0.717, 1.165) is 49.2 Å². The molecule has 0 N–H and O–H groups in total. The Bertz CT molecular complexity index is 784. The SMILES string of the molecule is O=C(C1=CCCCC1)N1Cc2ccnn2CC[C@@H]1COc1cccnc1. The summed E-state index contributed by atoms with van der Waals surface area (Å²) < 4.78 is 7.94. The first kappa shape index (κ1) is 16.8. The first-order chi connectivity index (χ1) is 12.8. The van der Waals surface area contributed by atoms with E-state index in [4.69, 9.17) is 4.74 Å². The number of aromatic nitrogens is 3. The summed E-state index contributed by atoms with van der Waals surface area (Å²) >= 11 is 0. The van der Waals surface area contributed by atoms with E-state index in [1.807, 2.05) is 34.0 Å². The maximum absolute atomic E-state index is 13.2. The summed E-state index contributed by atoms with van der Waals surface area (Å²) in [5.74, 6) is 0.887. The van der Waals surface area contributed by atoms with Crippen LogP contribution >= 0.6 is 0 Å². The predicted molar refractivity (Wildman–Crippen MR) is 97.5 cm³/mol. The van der Waals surface area contributed by atoms with Crippen molar-refractivity contribution in [2.45, 2.75) is 51.2 Å². The molecule has 0 saturated carbocycles. The molecule has 6 nitrogen and oxygen atoms in total. The number of pyridine rings is 1. The molecule has 3 heterocycles. The number of allylic oxidation sites excluding steroid dienone is 1. The fraction of sp³-hybridized carbons (Fsp3) is 0.450. The lowest BCUT2D eigenvalue weighted by atomic mass is 9.98. The topological polar surface area (TPSA) is 60.2 Å². The van der Waals surface area contributed by atoms with Gasteiger partial charge in [0, 0.05) is 24.5 Å². The molecule has 2 aromatic heterocycles. The van der Waals surface area contributed by atoms with Gasteiger partial charge in [0.05, 0.1) is 24.5 Å². The van der Waals surface area contributed by atoms with Crippen LogP contribution in [0, 0.1) is 0 Å². The van der Waals surface area contributed by atoms with Gasteiger partial charge in [-0.05, 0) is 50.3 Å². The molecule has 136 valence electrons. The van der Waals surface area contributed by atoms with Gasteiger partial charge in [0.1, 0.15) is 12.4 Å². The highest BCUT2D eigenvalue weighted by Crippen LogP contribution is 2.25. The van der Waals surface area contributed by atoms with E-state index in [0.29, 0.717) is 13.2 Å². The van der Waals surface area contributed by atoms with Gasteiger partial charge < -0.3 is 9.64 Å². The largest absolute Gasteiger partial charge is 0.490 e. The number of carbonyl (C=O) groups excluding carboxylic acids is 1. The van der Waals surface area contributed by atoms with Crippen molar-refractivity contribution in [3.8, 4) is 5.75 Å². The third-order valence-corrected chi connectivity index (χ3v) is 5.16. The van der Waals surface area contributed by atoms with Crippen LogP contribution in [0.2, 0.25) is 0 Å². The Morgan fingerprint density at radius 2 is 2.23 bits per heavy atom. The summed E-state index contributed by atoms with van der Waals surface area (Å²) in [5, 5.41) is 4.39. The Kier molecular flexibility index (Phi) is 5.00. The van der Waals surface area contributed by atoms with Crippen molar-refractivity contribution in [3.63, 3.8) is 0 Å². The minimum Gasteiger partial charge on any atom is -0.490 e. The normalized spacial score (nSPS) is 20.1. The highest BCUT2D eigenvalue weighted by molar-refractivity contribution is 5.93. The lowest BCUT2D eigenvalue weighted by Gasteiger charge is -2.31. The number of ether oxygens (including phenoxy) is 1. The number of amides is 1. The van der Waals surface area contributed by atoms with Gasteiger partial charge in [-0.1, -0.05) is 6.08 Å². The smallest absolute Gasteiger partial charge is 0.250 e. The molecule has 0 bridgehead atoms. The second-order valence-corrected chi connectivity index (χ2v) is 6.90. The Morgan fingerprint density at radius 1 is 1.27 bits per heavy atom. The van der Waals surface area contributed by atoms with Gasteiger partial charge in [-0.2, -0.15) is 5.10 Å². The monoisotopic (exact) mass is 352 g/mol. The number of aryl methyl sites for hydroxylation is 1. The van der Waals surface area contributed by atoms with Crippen molar-refractivity contribution in [1.29, 1.82) is 0 Å². The maximum Gasteiger partial charge on any atom is 0.250 e. The third kappa shape index (κ3) is 3.64. The van der Waals surface area contributed by atoms with Crippen molar-refractivity contribution in [3.05, 3.63) is 54.1 Å². The van der Waals surface area contributed by atoms with Gasteiger partial charge in [-0.25, -0.2) is 0 Å². The first-order valence-electron chi connectivity index (χ1n) is 9.35. The van der Waals surface area contributed by atoms with Crippen LogP contribution in [-0.4, -0.2) is 38.2 Å². The van der Waals surface area contributed by atoms with E-state index in [9.17, 15) is 4.79 Å². The lowest BCUT2D eigenvalue weighted by Crippen LogP contribution is -2.43. The molecular weight excluding hydrogens is 328 g/mol. The highest BCUT2D eigenvalue weighted by Gasteiger charge is 2.30. The van der Waals surface area contributed by atoms with E-state index >= 15 is 0 Å². The zero-order valence-corrected chi connectivity index (χ0v) is 14.9. The molecule has 1 aliphatic carbocycles. The predicted octanol–water partition coefficient (Wildman–Crippen LogP) is 2.96. The number of fused-ring (bicyclic) bond motifs is 1. The van der Waals surface area contributed by atoms with Gasteiger partial charge in [-0.15, -0.1) is 0 Å². The Balaban J connectivity index is 1.54. The van der Waals surface area contributed by atoms with Crippen molar-refractivity contribution in [1.82, 2.24) is 19.7 Å². The van der Waals surface area contributed by atoms with Crippen LogP contribution in [0.3, 0.4) is 0 Å². The van der Waals surface area contributed by atoms with Crippen molar-refractivity contribution in [2.75, 3.05) is 6.61 Å². The quantitative estimate of drug-likeness (QED) is 0.849. The molecule has 0 aromatic carbocycles. The lowest BCUT2D eigenvalue weighted by molar-refractivity contribution is -0.131. The summed E-state index contributed by atoms with van der Waals surface area (Å²) in [4.78, 5) is 19.3. The van der Waals surface area contributed by atoms with E-state index < -0.39 is 0 Å². The van der Waals surface area contributed by atoms with Crippen LogP contribution in [0.1, 0.15) is 37.8 Å². The molecule has 1 atom stereocenters. The van der Waals surface area contributed by atoms with E-state index in [1.165, 1.54) is 6.42 Å². The van der Waals surface area contributed by atoms with Gasteiger partial charge in [0.25, 0.3) is 0 Å². The molecule has 2 aromatic rings. The van der Waals surface area contributed by atoms with Crippen LogP contribution in [0.5, 0.6) is 5.75 Å². The molecule has 0 radical (unpaired) electrons. The second kappa shape index (κ2) is 7.72. The molecule has 4 rings (SSSR count). The van der Waals surface area contributed by atoms with Gasteiger partial charge in [-0.3, -0.25) is 14.5 Å². The van der Waals surface area contributed by atoms with Crippen LogP contribution in [0.25, 0.3) is 0 Å². The van der Waals surface area contributed by atoms with E-state index in [1.54, 1.807) is 12.4 Å². The van der Waals surface area contributed by atoms with Crippen molar-refractivity contribution >= 4 is 5.91 Å². The number of nitrogens with zero attached hydrogens (tertiary/aromatic N) is 4.